The number of fused-ring (bicyclic) bond motifs is 2. The van der Waals surface area contributed by atoms with Crippen LogP contribution in [-0.2, 0) is 0 Å². The molecule has 0 saturated heterocycles. The van der Waals surface area contributed by atoms with Gasteiger partial charge in [-0.15, -0.1) is 20.4 Å². The molecule has 10 aromatic rings. The van der Waals surface area contributed by atoms with Crippen LogP contribution in [0.1, 0.15) is 5.56 Å². The quantitative estimate of drug-likeness (QED) is 0.163. The first-order valence-electron chi connectivity index (χ1n) is 19.2. The van der Waals surface area contributed by atoms with E-state index < -0.39 is 0 Å². The summed E-state index contributed by atoms with van der Waals surface area (Å²) in [5.41, 5.74) is 14.2. The summed E-state index contributed by atoms with van der Waals surface area (Å²) in [7, 11) is 0. The van der Waals surface area contributed by atoms with Crippen molar-refractivity contribution in [1.29, 1.82) is 5.26 Å². The normalized spacial score (nSPS) is 11.1. The van der Waals surface area contributed by atoms with E-state index in [1.54, 1.807) is 0 Å². The standard InChI is InChI=1S/C53H33N5/c54-34-38-17-7-8-18-39(38)37-27-28-46(41-19-9-22-43-40(41)20-11-25-47(43)52-31-29-50(55-57-52)35-13-3-1-4-14-35)49(33-37)45-24-10-23-44-42(45)21-12-26-48(44)53-32-30-51(56-58-53)36-15-5-2-6-16-36/h1-33H. The van der Waals surface area contributed by atoms with Gasteiger partial charge in [-0.25, -0.2) is 0 Å². The Bertz CT molecular complexity index is 3150. The van der Waals surface area contributed by atoms with E-state index >= 15 is 0 Å². The highest BCUT2D eigenvalue weighted by Gasteiger charge is 2.18. The minimum absolute atomic E-state index is 0.633. The van der Waals surface area contributed by atoms with Crippen molar-refractivity contribution in [3.8, 4) is 84.5 Å². The molecule has 2 aromatic heterocycles. The highest BCUT2D eigenvalue weighted by atomic mass is 15.1. The molecule has 0 aliphatic rings. The Morgan fingerprint density at radius 2 is 0.690 bits per heavy atom. The summed E-state index contributed by atoms with van der Waals surface area (Å²) >= 11 is 0. The average Bonchev–Trinajstić information content (AvgIpc) is 3.31. The summed E-state index contributed by atoms with van der Waals surface area (Å²) in [6.45, 7) is 0. The Morgan fingerprint density at radius 1 is 0.276 bits per heavy atom. The van der Waals surface area contributed by atoms with Gasteiger partial charge >= 0.3 is 0 Å². The lowest BCUT2D eigenvalue weighted by Gasteiger charge is -2.18. The zero-order chi connectivity index (χ0) is 38.8. The summed E-state index contributed by atoms with van der Waals surface area (Å²) in [5, 5.41) is 33.1. The highest BCUT2D eigenvalue weighted by Crippen LogP contribution is 2.44. The van der Waals surface area contributed by atoms with Gasteiger partial charge in [-0.3, -0.25) is 0 Å². The number of hydrogen-bond acceptors (Lipinski definition) is 5. The molecule has 8 aromatic carbocycles. The number of benzene rings is 8. The van der Waals surface area contributed by atoms with Crippen LogP contribution in [-0.4, -0.2) is 20.4 Å². The van der Waals surface area contributed by atoms with Gasteiger partial charge in [0.2, 0.25) is 0 Å². The van der Waals surface area contributed by atoms with Crippen molar-refractivity contribution in [1.82, 2.24) is 20.4 Å². The fraction of sp³-hybridized carbons (Fsp3) is 0. The van der Waals surface area contributed by atoms with Crippen LogP contribution in [0.5, 0.6) is 0 Å². The third-order valence-corrected chi connectivity index (χ3v) is 10.8. The van der Waals surface area contributed by atoms with Gasteiger partial charge in [0.1, 0.15) is 0 Å². The van der Waals surface area contributed by atoms with E-state index in [2.05, 4.69) is 119 Å². The summed E-state index contributed by atoms with van der Waals surface area (Å²) in [6.07, 6.45) is 0. The minimum Gasteiger partial charge on any atom is -0.192 e. The van der Waals surface area contributed by atoms with Gasteiger partial charge in [-0.05, 0) is 91.3 Å². The molecule has 0 saturated carbocycles. The van der Waals surface area contributed by atoms with Gasteiger partial charge < -0.3 is 0 Å². The summed E-state index contributed by atoms with van der Waals surface area (Å²) in [5.74, 6) is 0. The molecule has 10 rings (SSSR count). The molecule has 0 atom stereocenters. The van der Waals surface area contributed by atoms with Crippen molar-refractivity contribution >= 4 is 21.5 Å². The van der Waals surface area contributed by atoms with Crippen LogP contribution in [0.25, 0.3) is 100.0 Å². The molecule has 0 amide bonds. The molecule has 270 valence electrons. The maximum atomic E-state index is 10.1. The maximum Gasteiger partial charge on any atom is 0.0998 e. The van der Waals surface area contributed by atoms with Gasteiger partial charge in [0.25, 0.3) is 0 Å². The second-order valence-electron chi connectivity index (χ2n) is 14.2. The van der Waals surface area contributed by atoms with Crippen LogP contribution in [0, 0.1) is 11.3 Å². The van der Waals surface area contributed by atoms with Crippen LogP contribution in [0.15, 0.2) is 200 Å². The van der Waals surface area contributed by atoms with E-state index in [1.165, 1.54) is 0 Å². The summed E-state index contributed by atoms with van der Waals surface area (Å²) in [4.78, 5) is 0. The number of nitriles is 1. The molecule has 2 heterocycles. The Balaban J connectivity index is 1.14. The number of aromatic nitrogens is 4. The van der Waals surface area contributed by atoms with Crippen molar-refractivity contribution in [2.75, 3.05) is 0 Å². The number of nitrogens with zero attached hydrogens (tertiary/aromatic N) is 5. The van der Waals surface area contributed by atoms with Crippen LogP contribution < -0.4 is 0 Å². The molecule has 0 unspecified atom stereocenters. The lowest BCUT2D eigenvalue weighted by Crippen LogP contribution is -1.94. The van der Waals surface area contributed by atoms with Crippen molar-refractivity contribution in [2.24, 2.45) is 0 Å². The number of rotatable bonds is 7. The fourth-order valence-corrected chi connectivity index (χ4v) is 8.02. The predicted octanol–water partition coefficient (Wildman–Crippen LogP) is 13.1. The van der Waals surface area contributed by atoms with E-state index in [1.807, 2.05) is 97.1 Å². The third-order valence-electron chi connectivity index (χ3n) is 10.8. The molecule has 0 aliphatic carbocycles. The second-order valence-corrected chi connectivity index (χ2v) is 14.2. The van der Waals surface area contributed by atoms with E-state index in [0.29, 0.717) is 5.56 Å². The molecule has 5 nitrogen and oxygen atoms in total. The molecule has 0 aliphatic heterocycles. The van der Waals surface area contributed by atoms with Gasteiger partial charge in [0.15, 0.2) is 0 Å². The molecule has 0 spiro atoms. The van der Waals surface area contributed by atoms with Gasteiger partial charge in [-0.1, -0.05) is 164 Å². The second kappa shape index (κ2) is 14.9. The summed E-state index contributed by atoms with van der Waals surface area (Å²) < 4.78 is 0. The minimum atomic E-state index is 0.633. The monoisotopic (exact) mass is 739 g/mol. The number of hydrogen-bond donors (Lipinski definition) is 0. The molecule has 0 fully saturated rings. The van der Waals surface area contributed by atoms with E-state index in [4.69, 9.17) is 10.2 Å². The zero-order valence-corrected chi connectivity index (χ0v) is 31.3. The lowest BCUT2D eigenvalue weighted by atomic mass is 9.85. The van der Waals surface area contributed by atoms with Crippen molar-refractivity contribution < 1.29 is 0 Å². The summed E-state index contributed by atoms with van der Waals surface area (Å²) in [6, 6.07) is 70.9. The SMILES string of the molecule is N#Cc1ccccc1-c1ccc(-c2cccc3c(-c4ccc(-c5ccccc5)nn4)cccc23)c(-c2cccc3c(-c4ccc(-c5ccccc5)nn4)cccc23)c1. The maximum absolute atomic E-state index is 10.1. The van der Waals surface area contributed by atoms with Crippen LogP contribution >= 0.6 is 0 Å². The average molecular weight is 740 g/mol. The van der Waals surface area contributed by atoms with Crippen molar-refractivity contribution in [3.63, 3.8) is 0 Å². The van der Waals surface area contributed by atoms with Crippen LogP contribution in [0.2, 0.25) is 0 Å². The van der Waals surface area contributed by atoms with E-state index in [9.17, 15) is 5.26 Å². The Kier molecular flexibility index (Phi) is 8.83. The molecule has 0 bridgehead atoms. The molecular formula is C53H33N5. The zero-order valence-electron chi connectivity index (χ0n) is 31.3. The topological polar surface area (TPSA) is 75.3 Å². The van der Waals surface area contributed by atoms with E-state index in [0.717, 1.165) is 100.0 Å². The van der Waals surface area contributed by atoms with Crippen molar-refractivity contribution in [3.05, 3.63) is 206 Å². The highest BCUT2D eigenvalue weighted by molar-refractivity contribution is 6.10. The Morgan fingerprint density at radius 3 is 1.19 bits per heavy atom. The molecule has 0 N–H and O–H groups in total. The van der Waals surface area contributed by atoms with Gasteiger partial charge in [0, 0.05) is 22.3 Å². The molecule has 5 heteroatoms. The van der Waals surface area contributed by atoms with Gasteiger partial charge in [-0.2, -0.15) is 5.26 Å². The molecular weight excluding hydrogens is 707 g/mol. The van der Waals surface area contributed by atoms with E-state index in [-0.39, 0.29) is 0 Å². The third kappa shape index (κ3) is 6.25. The lowest BCUT2D eigenvalue weighted by molar-refractivity contribution is 1.05. The predicted molar refractivity (Wildman–Crippen MR) is 235 cm³/mol. The van der Waals surface area contributed by atoms with Gasteiger partial charge in [0.05, 0.1) is 34.4 Å². The largest absolute Gasteiger partial charge is 0.192 e. The first-order valence-corrected chi connectivity index (χ1v) is 19.2. The first kappa shape index (κ1) is 34.4. The van der Waals surface area contributed by atoms with Crippen LogP contribution in [0.4, 0.5) is 0 Å². The Hall–Kier alpha value is -8.07. The first-order chi connectivity index (χ1) is 28.7. The Labute approximate surface area is 336 Å². The van der Waals surface area contributed by atoms with Crippen LogP contribution in [0.3, 0.4) is 0 Å². The van der Waals surface area contributed by atoms with Crippen molar-refractivity contribution in [2.45, 2.75) is 0 Å². The molecule has 0 radical (unpaired) electrons. The molecule has 58 heavy (non-hydrogen) atoms. The fourth-order valence-electron chi connectivity index (χ4n) is 8.02. The smallest absolute Gasteiger partial charge is 0.0998 e.